The third kappa shape index (κ3) is 9.19. The molecule has 0 fully saturated rings. The lowest BCUT2D eigenvalue weighted by Gasteiger charge is -2.34. The van der Waals surface area contributed by atoms with E-state index in [9.17, 15) is 18.0 Å². The molecule has 7 nitrogen and oxygen atoms in total. The largest absolute Gasteiger partial charge is 0.354 e. The minimum Gasteiger partial charge on any atom is -0.354 e. The molecule has 0 bridgehead atoms. The second kappa shape index (κ2) is 15.6. The minimum absolute atomic E-state index is 0.0428. The van der Waals surface area contributed by atoms with Gasteiger partial charge >= 0.3 is 0 Å². The molecule has 0 aliphatic rings. The van der Waals surface area contributed by atoms with Crippen LogP contribution in [0.3, 0.4) is 0 Å². The molecule has 0 saturated carbocycles. The van der Waals surface area contributed by atoms with Gasteiger partial charge in [-0.1, -0.05) is 102 Å². The molecule has 0 spiro atoms. The number of carbonyl (C=O) groups is 2. The molecule has 2 amide bonds. The summed E-state index contributed by atoms with van der Waals surface area (Å²) in [6, 6.07) is 28.9. The van der Waals surface area contributed by atoms with Crippen LogP contribution in [0.2, 0.25) is 5.02 Å². The zero-order valence-corrected chi connectivity index (χ0v) is 28.6. The van der Waals surface area contributed by atoms with Gasteiger partial charge in [-0.2, -0.15) is 0 Å². The smallest absolute Gasteiger partial charge is 0.264 e. The molecule has 1 N–H and O–H groups in total. The second-order valence-electron chi connectivity index (χ2n) is 11.3. The van der Waals surface area contributed by atoms with E-state index in [0.717, 1.165) is 19.9 Å². The van der Waals surface area contributed by atoms with E-state index in [-0.39, 0.29) is 29.7 Å². The number of rotatable bonds is 13. The minimum atomic E-state index is -4.19. The monoisotopic (exact) mass is 709 g/mol. The first-order valence-corrected chi connectivity index (χ1v) is 17.3. The van der Waals surface area contributed by atoms with Gasteiger partial charge in [0.25, 0.3) is 10.0 Å². The highest BCUT2D eigenvalue weighted by Crippen LogP contribution is 2.30. The summed E-state index contributed by atoms with van der Waals surface area (Å²) in [5.41, 5.74) is 2.57. The summed E-state index contributed by atoms with van der Waals surface area (Å²) in [6.07, 6.45) is 0.246. The number of sulfonamides is 1. The van der Waals surface area contributed by atoms with Crippen LogP contribution in [0.4, 0.5) is 5.69 Å². The molecule has 0 aliphatic carbocycles. The Labute approximate surface area is 279 Å². The van der Waals surface area contributed by atoms with Crippen molar-refractivity contribution in [2.24, 2.45) is 5.92 Å². The molecule has 0 aromatic heterocycles. The maximum absolute atomic E-state index is 14.5. The summed E-state index contributed by atoms with van der Waals surface area (Å²) >= 11 is 9.73. The van der Waals surface area contributed by atoms with Gasteiger partial charge in [0, 0.05) is 29.0 Å². The predicted octanol–water partition coefficient (Wildman–Crippen LogP) is 7.02. The van der Waals surface area contributed by atoms with Crippen LogP contribution in [-0.2, 0) is 32.6 Å². The number of carbonyl (C=O) groups excluding carboxylic acids is 2. The summed E-state index contributed by atoms with van der Waals surface area (Å²) in [4.78, 5) is 29.9. The number of hydrogen-bond acceptors (Lipinski definition) is 4. The van der Waals surface area contributed by atoms with Gasteiger partial charge in [0.2, 0.25) is 11.8 Å². The fraction of sp³-hybridized carbons (Fsp3) is 0.257. The van der Waals surface area contributed by atoms with Crippen LogP contribution in [-0.4, -0.2) is 44.3 Å². The molecule has 1 atom stereocenters. The molecular formula is C35H37BrClN3O4S. The SMILES string of the molecule is Cc1cc(Cl)ccc1N(CC(=O)N(Cc1cccc(Br)c1)C(Cc1ccccc1)C(=O)NCC(C)C)S(=O)(=O)c1ccccc1. The zero-order chi connectivity index (χ0) is 32.6. The highest BCUT2D eigenvalue weighted by atomic mass is 79.9. The van der Waals surface area contributed by atoms with Crippen molar-refractivity contribution in [1.29, 1.82) is 0 Å². The first kappa shape index (κ1) is 34.2. The second-order valence-corrected chi connectivity index (χ2v) is 14.5. The number of nitrogens with zero attached hydrogens (tertiary/aromatic N) is 2. The lowest BCUT2D eigenvalue weighted by molar-refractivity contribution is -0.140. The maximum Gasteiger partial charge on any atom is 0.264 e. The predicted molar refractivity (Wildman–Crippen MR) is 184 cm³/mol. The third-order valence-corrected chi connectivity index (χ3v) is 9.74. The van der Waals surface area contributed by atoms with Crippen molar-refractivity contribution in [1.82, 2.24) is 10.2 Å². The lowest BCUT2D eigenvalue weighted by atomic mass is 10.0. The summed E-state index contributed by atoms with van der Waals surface area (Å²) < 4.78 is 30.2. The average molecular weight is 711 g/mol. The van der Waals surface area contributed by atoms with Crippen molar-refractivity contribution in [2.45, 2.75) is 44.7 Å². The van der Waals surface area contributed by atoms with E-state index in [1.165, 1.54) is 17.0 Å². The van der Waals surface area contributed by atoms with Crippen molar-refractivity contribution < 1.29 is 18.0 Å². The standard InChI is InChI=1S/C35H37BrClN3O4S/c1-25(2)22-38-35(42)33(21-27-11-6-4-7-12-27)39(23-28-13-10-14-29(36)20-28)34(41)24-40(32-18-17-30(37)19-26(32)3)45(43,44)31-15-8-5-9-16-31/h4-20,25,33H,21-24H2,1-3H3,(H,38,42). The van der Waals surface area contributed by atoms with Gasteiger partial charge in [-0.25, -0.2) is 8.42 Å². The molecule has 0 aliphatic heterocycles. The Kier molecular flexibility index (Phi) is 11.8. The highest BCUT2D eigenvalue weighted by Gasteiger charge is 2.35. The van der Waals surface area contributed by atoms with Crippen LogP contribution < -0.4 is 9.62 Å². The molecular weight excluding hydrogens is 674 g/mol. The Morgan fingerprint density at radius 3 is 2.13 bits per heavy atom. The van der Waals surface area contributed by atoms with Gasteiger partial charge in [-0.3, -0.25) is 13.9 Å². The van der Waals surface area contributed by atoms with E-state index in [1.54, 1.807) is 43.3 Å². The van der Waals surface area contributed by atoms with Gasteiger partial charge < -0.3 is 10.2 Å². The Bertz CT molecular complexity index is 1720. The number of halogens is 2. The topological polar surface area (TPSA) is 86.8 Å². The number of benzene rings is 4. The van der Waals surface area contributed by atoms with Crippen LogP contribution in [0.15, 0.2) is 112 Å². The number of amides is 2. The van der Waals surface area contributed by atoms with Gasteiger partial charge in [0.15, 0.2) is 0 Å². The number of anilines is 1. The molecule has 45 heavy (non-hydrogen) atoms. The normalized spacial score (nSPS) is 12.0. The van der Waals surface area contributed by atoms with Crippen molar-refractivity contribution in [3.8, 4) is 0 Å². The Morgan fingerprint density at radius 2 is 1.51 bits per heavy atom. The van der Waals surface area contributed by atoms with Crippen LogP contribution in [0.1, 0.15) is 30.5 Å². The van der Waals surface area contributed by atoms with Crippen LogP contribution in [0.25, 0.3) is 0 Å². The number of aryl methyl sites for hydroxylation is 1. The van der Waals surface area contributed by atoms with E-state index >= 15 is 0 Å². The van der Waals surface area contributed by atoms with E-state index in [0.29, 0.717) is 22.8 Å². The maximum atomic E-state index is 14.5. The molecule has 4 rings (SSSR count). The van der Waals surface area contributed by atoms with E-state index in [2.05, 4.69) is 21.2 Å². The van der Waals surface area contributed by atoms with E-state index in [4.69, 9.17) is 11.6 Å². The molecule has 4 aromatic carbocycles. The first-order valence-electron chi connectivity index (χ1n) is 14.6. The number of hydrogen-bond donors (Lipinski definition) is 1. The quantitative estimate of drug-likeness (QED) is 0.162. The fourth-order valence-electron chi connectivity index (χ4n) is 4.94. The summed E-state index contributed by atoms with van der Waals surface area (Å²) in [5.74, 6) is -0.638. The summed E-state index contributed by atoms with van der Waals surface area (Å²) in [5, 5.41) is 3.45. The Balaban J connectivity index is 1.82. The van der Waals surface area contributed by atoms with Crippen molar-refractivity contribution in [3.63, 3.8) is 0 Å². The van der Waals surface area contributed by atoms with Crippen molar-refractivity contribution in [2.75, 3.05) is 17.4 Å². The van der Waals surface area contributed by atoms with Crippen LogP contribution >= 0.6 is 27.5 Å². The van der Waals surface area contributed by atoms with Crippen molar-refractivity contribution in [3.05, 3.63) is 129 Å². The molecule has 4 aromatic rings. The Hall–Kier alpha value is -3.66. The van der Waals surface area contributed by atoms with Gasteiger partial charge in [0.05, 0.1) is 10.6 Å². The third-order valence-electron chi connectivity index (χ3n) is 7.24. The zero-order valence-electron chi connectivity index (χ0n) is 25.5. The molecule has 0 saturated heterocycles. The fourth-order valence-corrected chi connectivity index (χ4v) is 7.11. The van der Waals surface area contributed by atoms with Gasteiger partial charge in [-0.15, -0.1) is 0 Å². The van der Waals surface area contributed by atoms with Crippen LogP contribution in [0, 0.1) is 12.8 Å². The summed E-state index contributed by atoms with van der Waals surface area (Å²) in [6.45, 7) is 5.73. The molecule has 10 heteroatoms. The molecule has 0 radical (unpaired) electrons. The average Bonchev–Trinajstić information content (AvgIpc) is 3.01. The molecule has 0 heterocycles. The number of nitrogens with one attached hydrogen (secondary N) is 1. The Morgan fingerprint density at radius 1 is 0.867 bits per heavy atom. The first-order chi connectivity index (χ1) is 21.5. The van der Waals surface area contributed by atoms with Gasteiger partial charge in [-0.05, 0) is 72.0 Å². The van der Waals surface area contributed by atoms with E-state index < -0.39 is 28.5 Å². The van der Waals surface area contributed by atoms with Gasteiger partial charge in [0.1, 0.15) is 12.6 Å². The lowest BCUT2D eigenvalue weighted by Crippen LogP contribution is -2.53. The summed E-state index contributed by atoms with van der Waals surface area (Å²) in [7, 11) is -4.19. The molecule has 236 valence electrons. The van der Waals surface area contributed by atoms with Crippen molar-refractivity contribution >= 4 is 55.1 Å². The highest BCUT2D eigenvalue weighted by molar-refractivity contribution is 9.10. The van der Waals surface area contributed by atoms with Crippen LogP contribution in [0.5, 0.6) is 0 Å². The molecule has 1 unspecified atom stereocenters. The van der Waals surface area contributed by atoms with E-state index in [1.807, 2.05) is 68.4 Å².